The van der Waals surface area contributed by atoms with E-state index in [0.717, 1.165) is 11.3 Å². The number of rotatable bonds is 8. The molecular formula is C21H28O4Si. The van der Waals surface area contributed by atoms with Gasteiger partial charge < -0.3 is 13.9 Å². The first-order chi connectivity index (χ1) is 12.2. The molecule has 0 heterocycles. The van der Waals surface area contributed by atoms with Gasteiger partial charge >= 0.3 is 0 Å². The Morgan fingerprint density at radius 2 is 1.54 bits per heavy atom. The van der Waals surface area contributed by atoms with Crippen LogP contribution in [-0.2, 0) is 10.0 Å². The molecule has 2 aromatic carbocycles. The van der Waals surface area contributed by atoms with Crippen molar-refractivity contribution >= 4 is 14.1 Å². The van der Waals surface area contributed by atoms with Crippen LogP contribution in [0.15, 0.2) is 48.5 Å². The highest BCUT2D eigenvalue weighted by atomic mass is 28.4. The monoisotopic (exact) mass is 372 g/mol. The predicted molar refractivity (Wildman–Crippen MR) is 107 cm³/mol. The summed E-state index contributed by atoms with van der Waals surface area (Å²) in [5.74, 6) is 1.44. The summed E-state index contributed by atoms with van der Waals surface area (Å²) in [5, 5.41) is 0. The van der Waals surface area contributed by atoms with Gasteiger partial charge in [-0.1, -0.05) is 24.3 Å². The largest absolute Gasteiger partial charge is 0.497 e. The fourth-order valence-corrected chi connectivity index (χ4v) is 4.57. The molecule has 26 heavy (non-hydrogen) atoms. The fourth-order valence-electron chi connectivity index (χ4n) is 3.03. The van der Waals surface area contributed by atoms with Crippen molar-refractivity contribution < 1.29 is 18.7 Å². The molecule has 0 saturated carbocycles. The van der Waals surface area contributed by atoms with Crippen LogP contribution in [0.2, 0.25) is 19.6 Å². The van der Waals surface area contributed by atoms with Crippen molar-refractivity contribution in [1.82, 2.24) is 0 Å². The second-order valence-corrected chi connectivity index (χ2v) is 11.9. The van der Waals surface area contributed by atoms with E-state index in [1.807, 2.05) is 49.4 Å². The lowest BCUT2D eigenvalue weighted by Gasteiger charge is -2.36. The summed E-state index contributed by atoms with van der Waals surface area (Å²) >= 11 is 0. The summed E-state index contributed by atoms with van der Waals surface area (Å²) in [7, 11) is 1.33. The lowest BCUT2D eigenvalue weighted by Crippen LogP contribution is -2.40. The van der Waals surface area contributed by atoms with Gasteiger partial charge in [0.25, 0.3) is 0 Å². The molecule has 4 nitrogen and oxygen atoms in total. The molecule has 5 heteroatoms. The number of carbonyl (C=O) groups excluding carboxylic acids is 1. The second-order valence-electron chi connectivity index (χ2n) is 7.51. The van der Waals surface area contributed by atoms with Crippen LogP contribution in [0.5, 0.6) is 11.5 Å². The highest BCUT2D eigenvalue weighted by Crippen LogP contribution is 2.35. The fraction of sp³-hybridized carbons (Fsp3) is 0.381. The maximum Gasteiger partial charge on any atom is 0.184 e. The van der Waals surface area contributed by atoms with Crippen LogP contribution in [0.4, 0.5) is 0 Å². The van der Waals surface area contributed by atoms with E-state index < -0.39 is 13.9 Å². The number of carbonyl (C=O) groups is 1. The van der Waals surface area contributed by atoms with E-state index in [4.69, 9.17) is 13.9 Å². The summed E-state index contributed by atoms with van der Waals surface area (Å²) in [4.78, 5) is 13.0. The highest BCUT2D eigenvalue weighted by Gasteiger charge is 2.36. The van der Waals surface area contributed by atoms with E-state index in [1.54, 1.807) is 20.3 Å². The minimum Gasteiger partial charge on any atom is -0.497 e. The third kappa shape index (κ3) is 5.19. The Kier molecular flexibility index (Phi) is 6.26. The zero-order valence-corrected chi connectivity index (χ0v) is 17.5. The van der Waals surface area contributed by atoms with Gasteiger partial charge in [-0.25, -0.2) is 0 Å². The van der Waals surface area contributed by atoms with Crippen molar-refractivity contribution in [2.24, 2.45) is 0 Å². The van der Waals surface area contributed by atoms with Crippen LogP contribution < -0.4 is 9.47 Å². The Morgan fingerprint density at radius 1 is 0.962 bits per heavy atom. The summed E-state index contributed by atoms with van der Waals surface area (Å²) in [6.07, 6.45) is 0.248. The van der Waals surface area contributed by atoms with Crippen LogP contribution >= 0.6 is 0 Å². The Balaban J connectivity index is 2.38. The standard InChI is InChI=1S/C21H28O4Si/c1-21(25-26(4,5)6,17-10-8-12-19(14-17)24-3)15-20(22)16-9-7-11-18(13-16)23-2/h7-14H,15H2,1-6H3. The lowest BCUT2D eigenvalue weighted by molar-refractivity contribution is 0.0567. The van der Waals surface area contributed by atoms with E-state index in [2.05, 4.69) is 19.6 Å². The van der Waals surface area contributed by atoms with Gasteiger partial charge in [0.1, 0.15) is 11.5 Å². The summed E-state index contributed by atoms with van der Waals surface area (Å²) in [5.41, 5.74) is 0.840. The molecule has 0 amide bonds. The Labute approximate surface area is 157 Å². The normalized spacial score (nSPS) is 13.8. The van der Waals surface area contributed by atoms with E-state index in [-0.39, 0.29) is 12.2 Å². The van der Waals surface area contributed by atoms with E-state index in [0.29, 0.717) is 11.3 Å². The topological polar surface area (TPSA) is 44.8 Å². The minimum atomic E-state index is -1.91. The molecule has 0 aliphatic rings. The minimum absolute atomic E-state index is 0.0208. The van der Waals surface area contributed by atoms with Crippen molar-refractivity contribution in [3.8, 4) is 11.5 Å². The number of hydrogen-bond donors (Lipinski definition) is 0. The first-order valence-corrected chi connectivity index (χ1v) is 12.1. The molecule has 0 N–H and O–H groups in total. The van der Waals surface area contributed by atoms with Crippen LogP contribution in [-0.4, -0.2) is 28.3 Å². The molecule has 0 spiro atoms. The molecule has 0 saturated heterocycles. The molecular weight excluding hydrogens is 344 g/mol. The number of methoxy groups -OCH3 is 2. The Bertz CT molecular complexity index is 767. The predicted octanol–water partition coefficient (Wildman–Crippen LogP) is 5.04. The SMILES string of the molecule is COc1cccc(C(=O)CC(C)(O[Si](C)(C)C)c2cccc(OC)c2)c1. The van der Waals surface area contributed by atoms with E-state index in [9.17, 15) is 4.79 Å². The van der Waals surface area contributed by atoms with Gasteiger partial charge in [0.2, 0.25) is 0 Å². The van der Waals surface area contributed by atoms with Crippen LogP contribution in [0.25, 0.3) is 0 Å². The van der Waals surface area contributed by atoms with Crippen LogP contribution in [0.3, 0.4) is 0 Å². The summed E-state index contributed by atoms with van der Waals surface area (Å²) in [6.45, 7) is 8.36. The third-order valence-corrected chi connectivity index (χ3v) is 5.16. The quantitative estimate of drug-likeness (QED) is 0.481. The molecule has 0 radical (unpaired) electrons. The molecule has 1 atom stereocenters. The molecule has 140 valence electrons. The average molecular weight is 373 g/mol. The zero-order valence-electron chi connectivity index (χ0n) is 16.5. The van der Waals surface area contributed by atoms with Gasteiger partial charge in [-0.15, -0.1) is 0 Å². The first kappa shape index (κ1) is 20.2. The number of ether oxygens (including phenoxy) is 2. The third-order valence-electron chi connectivity index (χ3n) is 4.10. The summed E-state index contributed by atoms with van der Waals surface area (Å²) < 4.78 is 17.1. The average Bonchev–Trinajstić information content (AvgIpc) is 2.60. The number of hydrogen-bond acceptors (Lipinski definition) is 4. The molecule has 2 rings (SSSR count). The van der Waals surface area contributed by atoms with Gasteiger partial charge in [0.15, 0.2) is 14.1 Å². The van der Waals surface area contributed by atoms with E-state index in [1.165, 1.54) is 0 Å². The maximum atomic E-state index is 13.0. The van der Waals surface area contributed by atoms with Gasteiger partial charge in [0, 0.05) is 12.0 Å². The lowest BCUT2D eigenvalue weighted by atomic mass is 9.88. The smallest absolute Gasteiger partial charge is 0.184 e. The molecule has 0 aliphatic heterocycles. The van der Waals surface area contributed by atoms with Crippen LogP contribution in [0, 0.1) is 0 Å². The van der Waals surface area contributed by atoms with Crippen molar-refractivity contribution in [2.45, 2.75) is 38.6 Å². The molecule has 1 unspecified atom stereocenters. The van der Waals surface area contributed by atoms with Crippen molar-refractivity contribution in [3.63, 3.8) is 0 Å². The van der Waals surface area contributed by atoms with Gasteiger partial charge in [0.05, 0.1) is 19.8 Å². The van der Waals surface area contributed by atoms with Crippen LogP contribution in [0.1, 0.15) is 29.3 Å². The first-order valence-electron chi connectivity index (χ1n) is 8.69. The Morgan fingerprint density at radius 3 is 2.12 bits per heavy atom. The second kappa shape index (κ2) is 8.06. The number of benzene rings is 2. The van der Waals surface area contributed by atoms with Crippen molar-refractivity contribution in [1.29, 1.82) is 0 Å². The van der Waals surface area contributed by atoms with E-state index >= 15 is 0 Å². The molecule has 2 aromatic rings. The highest BCUT2D eigenvalue weighted by molar-refractivity contribution is 6.69. The number of Topliss-reactive ketones (excluding diaryl/α,β-unsaturated/α-hetero) is 1. The van der Waals surface area contributed by atoms with Gasteiger partial charge in [-0.3, -0.25) is 4.79 Å². The molecule has 0 bridgehead atoms. The maximum absolute atomic E-state index is 13.0. The van der Waals surface area contributed by atoms with Crippen molar-refractivity contribution in [3.05, 3.63) is 59.7 Å². The molecule has 0 fully saturated rings. The molecule has 0 aromatic heterocycles. The van der Waals surface area contributed by atoms with Gasteiger partial charge in [-0.05, 0) is 56.4 Å². The number of ketones is 1. The zero-order chi connectivity index (χ0) is 19.4. The Hall–Kier alpha value is -2.11. The van der Waals surface area contributed by atoms with Crippen molar-refractivity contribution in [2.75, 3.05) is 14.2 Å². The summed E-state index contributed by atoms with van der Waals surface area (Å²) in [6, 6.07) is 15.0. The molecule has 0 aliphatic carbocycles. The van der Waals surface area contributed by atoms with Gasteiger partial charge in [-0.2, -0.15) is 0 Å².